The normalized spacial score (nSPS) is 10.8. The average Bonchev–Trinajstić information content (AvgIpc) is 3.17. The van der Waals surface area contributed by atoms with Gasteiger partial charge in [0.2, 0.25) is 0 Å². The van der Waals surface area contributed by atoms with Crippen LogP contribution in [-0.2, 0) is 0 Å². The zero-order chi connectivity index (χ0) is 18.5. The highest BCUT2D eigenvalue weighted by Crippen LogP contribution is 2.28. The number of hydrogen-bond donors (Lipinski definition) is 1. The summed E-state index contributed by atoms with van der Waals surface area (Å²) in [6.07, 6.45) is 6.66. The van der Waals surface area contributed by atoms with Gasteiger partial charge in [-0.2, -0.15) is 5.10 Å². The van der Waals surface area contributed by atoms with Crippen molar-refractivity contribution in [2.24, 2.45) is 5.10 Å². The molecule has 0 aliphatic rings. The molecular formula is C16H12N6O4. The molecule has 3 aromatic rings. The molecule has 0 unspecified atom stereocenters. The standard InChI is InChI=1S/C16H12N6O4/c23-21(24)14-5-6-15(16(9-14)22(25)26)19-18-10-12-1-3-13(4-2-12)20-8-7-17-11-20/h1-11,19H. The predicted molar refractivity (Wildman–Crippen MR) is 94.5 cm³/mol. The molecule has 0 atom stereocenters. The second-order valence-corrected chi connectivity index (χ2v) is 5.15. The van der Waals surface area contributed by atoms with E-state index in [-0.39, 0.29) is 11.4 Å². The topological polar surface area (TPSA) is 128 Å². The molecule has 0 aliphatic carbocycles. The van der Waals surface area contributed by atoms with Crippen molar-refractivity contribution in [2.45, 2.75) is 0 Å². The zero-order valence-electron chi connectivity index (χ0n) is 13.2. The maximum atomic E-state index is 11.1. The van der Waals surface area contributed by atoms with Crippen LogP contribution in [0.3, 0.4) is 0 Å². The highest BCUT2D eigenvalue weighted by atomic mass is 16.6. The van der Waals surface area contributed by atoms with E-state index >= 15 is 0 Å². The van der Waals surface area contributed by atoms with Gasteiger partial charge < -0.3 is 4.57 Å². The smallest absolute Gasteiger partial charge is 0.301 e. The van der Waals surface area contributed by atoms with Crippen molar-refractivity contribution >= 4 is 23.3 Å². The molecule has 0 radical (unpaired) electrons. The number of nitrogens with zero attached hydrogens (tertiary/aromatic N) is 5. The lowest BCUT2D eigenvalue weighted by atomic mass is 10.2. The van der Waals surface area contributed by atoms with Gasteiger partial charge >= 0.3 is 5.69 Å². The SMILES string of the molecule is O=[N+]([O-])c1ccc(NN=Cc2ccc(-n3ccnc3)cc2)c([N+](=O)[O-])c1. The van der Waals surface area contributed by atoms with Gasteiger partial charge in [0.15, 0.2) is 0 Å². The second kappa shape index (κ2) is 7.21. The molecule has 0 spiro atoms. The Morgan fingerprint density at radius 1 is 1.08 bits per heavy atom. The van der Waals surface area contributed by atoms with Gasteiger partial charge in [-0.1, -0.05) is 12.1 Å². The molecule has 26 heavy (non-hydrogen) atoms. The fourth-order valence-electron chi connectivity index (χ4n) is 2.20. The Morgan fingerprint density at radius 2 is 1.85 bits per heavy atom. The summed E-state index contributed by atoms with van der Waals surface area (Å²) in [6, 6.07) is 10.7. The molecule has 0 aliphatic heterocycles. The van der Waals surface area contributed by atoms with Gasteiger partial charge in [-0.15, -0.1) is 0 Å². The van der Waals surface area contributed by atoms with E-state index in [4.69, 9.17) is 0 Å². The van der Waals surface area contributed by atoms with Crippen LogP contribution in [0.25, 0.3) is 5.69 Å². The van der Waals surface area contributed by atoms with E-state index < -0.39 is 15.5 Å². The number of nitro groups is 2. The summed E-state index contributed by atoms with van der Waals surface area (Å²) in [5.41, 5.74) is 3.52. The Kier molecular flexibility index (Phi) is 4.65. The van der Waals surface area contributed by atoms with Crippen LogP contribution >= 0.6 is 0 Å². The number of nitro benzene ring substituents is 2. The Bertz CT molecular complexity index is 967. The third-order valence-electron chi connectivity index (χ3n) is 3.48. The third-order valence-corrected chi connectivity index (χ3v) is 3.48. The van der Waals surface area contributed by atoms with Crippen LogP contribution in [0, 0.1) is 20.2 Å². The van der Waals surface area contributed by atoms with Crippen LogP contribution in [-0.4, -0.2) is 25.6 Å². The number of aromatic nitrogens is 2. The number of hydrogen-bond acceptors (Lipinski definition) is 7. The molecule has 10 heteroatoms. The Hall–Kier alpha value is -4.08. The van der Waals surface area contributed by atoms with Gasteiger partial charge in [0.25, 0.3) is 5.69 Å². The first-order valence-electron chi connectivity index (χ1n) is 7.35. The van der Waals surface area contributed by atoms with Crippen molar-refractivity contribution in [3.8, 4) is 5.69 Å². The van der Waals surface area contributed by atoms with E-state index in [0.717, 1.165) is 17.3 Å². The largest absolute Gasteiger partial charge is 0.306 e. The summed E-state index contributed by atoms with van der Waals surface area (Å²) in [7, 11) is 0. The van der Waals surface area contributed by atoms with Gasteiger partial charge in [-0.25, -0.2) is 4.98 Å². The lowest BCUT2D eigenvalue weighted by Crippen LogP contribution is -1.98. The van der Waals surface area contributed by atoms with Crippen LogP contribution in [0.5, 0.6) is 0 Å². The average molecular weight is 352 g/mol. The molecule has 0 saturated carbocycles. The summed E-state index contributed by atoms with van der Waals surface area (Å²) in [5.74, 6) is 0. The van der Waals surface area contributed by atoms with E-state index in [1.165, 1.54) is 18.3 Å². The van der Waals surface area contributed by atoms with E-state index in [2.05, 4.69) is 15.5 Å². The minimum absolute atomic E-state index is 0.0619. The van der Waals surface area contributed by atoms with E-state index in [0.29, 0.717) is 0 Å². The summed E-state index contributed by atoms with van der Waals surface area (Å²) in [6.45, 7) is 0. The molecule has 0 fully saturated rings. The quantitative estimate of drug-likeness (QED) is 0.412. The molecule has 0 bridgehead atoms. The highest BCUT2D eigenvalue weighted by Gasteiger charge is 2.18. The van der Waals surface area contributed by atoms with Gasteiger partial charge in [0.05, 0.1) is 28.5 Å². The minimum atomic E-state index is -0.704. The molecule has 130 valence electrons. The maximum absolute atomic E-state index is 11.1. The van der Waals surface area contributed by atoms with E-state index in [9.17, 15) is 20.2 Å². The van der Waals surface area contributed by atoms with Crippen molar-refractivity contribution in [3.05, 3.63) is 87.0 Å². The predicted octanol–water partition coefficient (Wildman–Crippen LogP) is 3.13. The molecule has 1 aromatic heterocycles. The Balaban J connectivity index is 1.74. The van der Waals surface area contributed by atoms with Crippen LogP contribution in [0.2, 0.25) is 0 Å². The fourth-order valence-corrected chi connectivity index (χ4v) is 2.20. The van der Waals surface area contributed by atoms with Crippen molar-refractivity contribution in [1.82, 2.24) is 9.55 Å². The van der Waals surface area contributed by atoms with Gasteiger partial charge in [-0.3, -0.25) is 25.7 Å². The van der Waals surface area contributed by atoms with Crippen molar-refractivity contribution < 1.29 is 9.85 Å². The Morgan fingerprint density at radius 3 is 2.46 bits per heavy atom. The summed E-state index contributed by atoms with van der Waals surface area (Å²) >= 11 is 0. The van der Waals surface area contributed by atoms with Crippen LogP contribution in [0.4, 0.5) is 17.1 Å². The number of benzene rings is 2. The third kappa shape index (κ3) is 3.70. The lowest BCUT2D eigenvalue weighted by molar-refractivity contribution is -0.393. The zero-order valence-corrected chi connectivity index (χ0v) is 13.2. The highest BCUT2D eigenvalue weighted by molar-refractivity contribution is 5.81. The molecular weight excluding hydrogens is 340 g/mol. The van der Waals surface area contributed by atoms with Gasteiger partial charge in [0.1, 0.15) is 5.69 Å². The van der Waals surface area contributed by atoms with Gasteiger partial charge in [0, 0.05) is 24.1 Å². The van der Waals surface area contributed by atoms with Crippen LogP contribution in [0.1, 0.15) is 5.56 Å². The molecule has 0 saturated heterocycles. The summed E-state index contributed by atoms with van der Waals surface area (Å²) in [5, 5.41) is 25.7. The second-order valence-electron chi connectivity index (χ2n) is 5.15. The Labute approximate surface area is 146 Å². The van der Waals surface area contributed by atoms with Crippen molar-refractivity contribution in [2.75, 3.05) is 5.43 Å². The minimum Gasteiger partial charge on any atom is -0.306 e. The first-order chi connectivity index (χ1) is 12.5. The summed E-state index contributed by atoms with van der Waals surface area (Å²) in [4.78, 5) is 24.4. The summed E-state index contributed by atoms with van der Waals surface area (Å²) < 4.78 is 1.85. The number of imidazole rings is 1. The molecule has 3 rings (SSSR count). The number of hydrazone groups is 1. The van der Waals surface area contributed by atoms with Crippen LogP contribution in [0.15, 0.2) is 66.3 Å². The number of nitrogens with one attached hydrogen (secondary N) is 1. The van der Waals surface area contributed by atoms with Crippen molar-refractivity contribution in [1.29, 1.82) is 0 Å². The molecule has 0 amide bonds. The first-order valence-corrected chi connectivity index (χ1v) is 7.35. The monoisotopic (exact) mass is 352 g/mol. The lowest BCUT2D eigenvalue weighted by Gasteiger charge is -2.03. The number of non-ortho nitro benzene ring substituents is 1. The number of rotatable bonds is 6. The first kappa shape index (κ1) is 16.8. The van der Waals surface area contributed by atoms with E-state index in [1.54, 1.807) is 12.5 Å². The maximum Gasteiger partial charge on any atom is 0.301 e. The number of anilines is 1. The van der Waals surface area contributed by atoms with Crippen molar-refractivity contribution in [3.63, 3.8) is 0 Å². The van der Waals surface area contributed by atoms with E-state index in [1.807, 2.05) is 35.0 Å². The molecule has 2 aromatic carbocycles. The molecule has 1 heterocycles. The van der Waals surface area contributed by atoms with Crippen LogP contribution < -0.4 is 5.43 Å². The van der Waals surface area contributed by atoms with Gasteiger partial charge in [-0.05, 0) is 23.8 Å². The fraction of sp³-hybridized carbons (Fsp3) is 0. The molecule has 10 nitrogen and oxygen atoms in total. The molecule has 1 N–H and O–H groups in total.